The monoisotopic (exact) mass is 1690 g/mol. The van der Waals surface area contributed by atoms with Crippen LogP contribution in [0.2, 0.25) is 0 Å². The molecule has 8 rings (SSSR count). The number of amides is 4. The number of carbonyl (C=O) groups excluding carboxylic acids is 4. The van der Waals surface area contributed by atoms with Gasteiger partial charge in [0.05, 0.1) is 77.4 Å². The third-order valence-corrected chi connectivity index (χ3v) is 17.3. The first kappa shape index (κ1) is 93.3. The molecular weight excluding hydrogens is 1590 g/mol. The van der Waals surface area contributed by atoms with Crippen molar-refractivity contribution in [2.45, 2.75) is 221 Å². The number of anilines is 2. The van der Waals surface area contributed by atoms with E-state index in [1.807, 2.05) is 62.4 Å². The molecule has 2 unspecified atom stereocenters. The molecule has 4 heterocycles. The molecule has 0 aliphatic heterocycles. The minimum Gasteiger partial charge on any atom is -0.497 e. The van der Waals surface area contributed by atoms with Crippen molar-refractivity contribution in [3.8, 4) is 34.7 Å². The molecule has 8 aromatic rings. The smallest absolute Gasteiger partial charge is 0.428 e. The maximum absolute atomic E-state index is 15.5. The summed E-state index contributed by atoms with van der Waals surface area (Å²) in [7, 11) is 3.16. The van der Waals surface area contributed by atoms with Gasteiger partial charge in [-0.25, -0.2) is 24.2 Å². The molecule has 4 amide bonds. The summed E-state index contributed by atoms with van der Waals surface area (Å²) < 4.78 is 171. The molecule has 0 aliphatic rings. The average molecular weight is 1700 g/mol. The van der Waals surface area contributed by atoms with Crippen LogP contribution in [0.3, 0.4) is 0 Å². The van der Waals surface area contributed by atoms with Gasteiger partial charge in [-0.15, -0.1) is 20.4 Å². The van der Waals surface area contributed by atoms with Crippen LogP contribution in [0.4, 0.5) is 56.9 Å². The quantitative estimate of drug-likeness (QED) is 0.0177. The molecule has 27 nitrogen and oxygen atoms in total. The minimum absolute atomic E-state index is 0.0280. The zero-order valence-electron chi connectivity index (χ0n) is 68.2. The van der Waals surface area contributed by atoms with E-state index in [-0.39, 0.29) is 52.7 Å². The van der Waals surface area contributed by atoms with E-state index in [4.69, 9.17) is 65.7 Å². The highest BCUT2D eigenvalue weighted by Crippen LogP contribution is 2.47. The molecule has 4 aromatic heterocycles. The Labute approximate surface area is 677 Å². The molecule has 0 spiro atoms. The van der Waals surface area contributed by atoms with Gasteiger partial charge in [-0.05, 0) is 217 Å². The SMILES string of the molecule is COc1ccc(CO[C@@H](C)CCCOCC(OCc2ccccc2)(c2nnc(-c3[nH]c(=O)c(C)cc3N(C(=O)OC(C)(C)C)C(=O)OC(C)(C)C)o2)C(F)(F)F)cc1.COc1ccc(CO[C@@H](C)CCCOCC(OCc2ccccc2)(c2nnc(-c3nc(Br)c(C)cc3N(C(=O)OC(C)(C)C)C(=O)OC(C)(C)C)o2)C(F)(F)F)cc1. The summed E-state index contributed by atoms with van der Waals surface area (Å²) in [6.07, 6.45) is -13.8. The number of carbonyl (C=O) groups is 4. The highest BCUT2D eigenvalue weighted by molar-refractivity contribution is 9.10. The number of halogens is 7. The zero-order chi connectivity index (χ0) is 85.8. The van der Waals surface area contributed by atoms with Crippen molar-refractivity contribution in [3.05, 3.63) is 181 Å². The highest BCUT2D eigenvalue weighted by Gasteiger charge is 2.63. The summed E-state index contributed by atoms with van der Waals surface area (Å²) in [4.78, 5) is 75.3. The molecule has 0 radical (unpaired) electrons. The van der Waals surface area contributed by atoms with Crippen molar-refractivity contribution in [1.29, 1.82) is 0 Å². The van der Waals surface area contributed by atoms with E-state index >= 15 is 26.3 Å². The van der Waals surface area contributed by atoms with Gasteiger partial charge in [0.25, 0.3) is 40.3 Å². The summed E-state index contributed by atoms with van der Waals surface area (Å²) in [6.45, 7) is 23.0. The number of hydrogen-bond acceptors (Lipinski definition) is 24. The van der Waals surface area contributed by atoms with Crippen LogP contribution in [-0.2, 0) is 85.0 Å². The number of nitrogens with one attached hydrogen (secondary N) is 1. The fraction of sp³-hybridized carbons (Fsp3) is 0.488. The normalized spacial score (nSPS) is 13.7. The van der Waals surface area contributed by atoms with Crippen LogP contribution in [0.25, 0.3) is 23.2 Å². The molecule has 4 aromatic carbocycles. The van der Waals surface area contributed by atoms with Gasteiger partial charge in [0.1, 0.15) is 44.2 Å². The Balaban J connectivity index is 0.000000321. The van der Waals surface area contributed by atoms with Crippen molar-refractivity contribution in [1.82, 2.24) is 30.4 Å². The predicted molar refractivity (Wildman–Crippen MR) is 417 cm³/mol. The lowest BCUT2D eigenvalue weighted by Gasteiger charge is -2.32. The van der Waals surface area contributed by atoms with E-state index in [2.05, 4.69) is 46.3 Å². The van der Waals surface area contributed by atoms with Gasteiger partial charge in [0.15, 0.2) is 5.69 Å². The topological polar surface area (TPSA) is 309 Å². The van der Waals surface area contributed by atoms with E-state index in [0.717, 1.165) is 22.9 Å². The largest absolute Gasteiger partial charge is 0.497 e. The second-order valence-corrected chi connectivity index (χ2v) is 31.7. The maximum Gasteiger partial charge on any atom is 0.428 e. The van der Waals surface area contributed by atoms with Crippen LogP contribution >= 0.6 is 15.9 Å². The van der Waals surface area contributed by atoms with Crippen molar-refractivity contribution < 1.29 is 111 Å². The van der Waals surface area contributed by atoms with E-state index in [9.17, 15) is 24.0 Å². The summed E-state index contributed by atoms with van der Waals surface area (Å²) in [6, 6.07) is 33.8. The number of aromatic nitrogens is 6. The molecule has 632 valence electrons. The van der Waals surface area contributed by atoms with Crippen molar-refractivity contribution in [2.24, 2.45) is 0 Å². The molecule has 1 N–H and O–H groups in total. The van der Waals surface area contributed by atoms with E-state index in [1.165, 1.54) is 13.0 Å². The number of benzene rings is 4. The van der Waals surface area contributed by atoms with E-state index in [0.29, 0.717) is 71.1 Å². The summed E-state index contributed by atoms with van der Waals surface area (Å²) in [5, 5.41) is 15.4. The summed E-state index contributed by atoms with van der Waals surface area (Å²) in [5.74, 6) is -1.86. The number of alkyl halides is 6. The van der Waals surface area contributed by atoms with Gasteiger partial charge >= 0.3 is 36.7 Å². The third-order valence-electron chi connectivity index (χ3n) is 16.4. The number of rotatable bonds is 32. The zero-order valence-corrected chi connectivity index (χ0v) is 69.8. The van der Waals surface area contributed by atoms with Crippen LogP contribution in [0.5, 0.6) is 11.5 Å². The molecule has 0 saturated heterocycles. The molecule has 34 heteroatoms. The molecule has 116 heavy (non-hydrogen) atoms. The number of ether oxygens (including phenoxy) is 12. The minimum atomic E-state index is -5.19. The van der Waals surface area contributed by atoms with Gasteiger partial charge in [-0.3, -0.25) is 4.79 Å². The van der Waals surface area contributed by atoms with Gasteiger partial charge in [-0.1, -0.05) is 84.9 Å². The summed E-state index contributed by atoms with van der Waals surface area (Å²) >= 11 is 3.32. The van der Waals surface area contributed by atoms with Gasteiger partial charge in [0, 0.05) is 18.8 Å². The first-order chi connectivity index (χ1) is 54.2. The highest BCUT2D eigenvalue weighted by atomic mass is 79.9. The number of H-pyrrole nitrogens is 1. The van der Waals surface area contributed by atoms with Gasteiger partial charge in [0.2, 0.25) is 0 Å². The molecular formula is C82H101BrF6N8O19. The Kier molecular flexibility index (Phi) is 32.5. The number of methoxy groups -OCH3 is 2. The Hall–Kier alpha value is -9.84. The van der Waals surface area contributed by atoms with Crippen molar-refractivity contribution in [3.63, 3.8) is 0 Å². The van der Waals surface area contributed by atoms with Crippen LogP contribution in [0.15, 0.2) is 140 Å². The van der Waals surface area contributed by atoms with Crippen molar-refractivity contribution >= 4 is 51.7 Å². The van der Waals surface area contributed by atoms with Crippen LogP contribution < -0.4 is 24.8 Å². The second kappa shape index (κ2) is 40.3. The lowest BCUT2D eigenvalue weighted by Crippen LogP contribution is -2.49. The molecule has 4 atom stereocenters. The second-order valence-electron chi connectivity index (χ2n) is 30.9. The number of nitrogens with zero attached hydrogens (tertiary/aromatic N) is 7. The number of pyridine rings is 2. The predicted octanol–water partition coefficient (Wildman–Crippen LogP) is 19.1. The Bertz CT molecular complexity index is 4510. The standard InChI is InChI=1S/C41H50BrF3N4O9.C41H51F3N4O10/c1-26-22-31(49(36(50)57-38(3,4)5)37(51)58-39(6,7)8)32(46-33(26)42)34-47-48-35(56-34)40(41(43,44)45,55-24-28-15-11-10-12-16-28)25-53-21-13-14-27(2)54-23-29-17-19-30(52-9)20-18-29;1-26-22-31(48(36(50)57-38(3,4)5)37(51)58-39(6,7)8)32(45-33(26)49)34-46-47-35(56-34)40(41(42,43)44,55-24-28-15-11-10-12-16-28)25-53-21-13-14-27(2)54-23-29-17-19-30(52-9)20-18-29/h10-12,15-20,22,27H,13-14,21,23-25H2,1-9H3;10-12,15-20,22,27H,13-14,21,23-25H2,1-9H3,(H,45,49)/t2*27-,40?/m00/s1. The first-order valence-corrected chi connectivity index (χ1v) is 37.8. The fourth-order valence-electron chi connectivity index (χ4n) is 10.5. The lowest BCUT2D eigenvalue weighted by molar-refractivity contribution is -0.311. The molecule has 0 fully saturated rings. The van der Waals surface area contributed by atoms with Gasteiger partial charge < -0.3 is 70.7 Å². The number of hydrogen-bond donors (Lipinski definition) is 1. The summed E-state index contributed by atoms with van der Waals surface area (Å²) in [5.41, 5.74) is -9.82. The van der Waals surface area contributed by atoms with Crippen LogP contribution in [0.1, 0.15) is 168 Å². The fourth-order valence-corrected chi connectivity index (χ4v) is 10.8. The number of aryl methyl sites for hydroxylation is 2. The number of aromatic amines is 1. The molecule has 0 aliphatic carbocycles. The third kappa shape index (κ3) is 27.1. The average Bonchev–Trinajstić information content (AvgIpc) is 1.53. The Morgan fingerprint density at radius 3 is 1.21 bits per heavy atom. The van der Waals surface area contributed by atoms with E-state index < -0.39 is 132 Å². The van der Waals surface area contributed by atoms with Gasteiger partial charge in [-0.2, -0.15) is 36.1 Å². The Morgan fingerprint density at radius 2 is 0.836 bits per heavy atom. The van der Waals surface area contributed by atoms with E-state index in [1.54, 1.807) is 165 Å². The first-order valence-electron chi connectivity index (χ1n) is 37.0. The van der Waals surface area contributed by atoms with Crippen molar-refractivity contribution in [2.75, 3.05) is 50.4 Å². The van der Waals surface area contributed by atoms with Crippen LogP contribution in [0, 0.1) is 13.8 Å². The lowest BCUT2D eigenvalue weighted by atomic mass is 10.0. The van der Waals surface area contributed by atoms with Crippen LogP contribution in [-0.4, -0.2) is 142 Å². The maximum atomic E-state index is 15.5. The molecule has 0 saturated carbocycles. The Morgan fingerprint density at radius 1 is 0.483 bits per heavy atom. The molecule has 0 bridgehead atoms. The number of imide groups is 2.